The number of carbonyl (C=O) groups is 2. The van der Waals surface area contributed by atoms with Crippen LogP contribution in [0.25, 0.3) is 5.69 Å². The highest BCUT2D eigenvalue weighted by atomic mass is 32.2. The van der Waals surface area contributed by atoms with Crippen molar-refractivity contribution in [3.8, 4) is 11.4 Å². The lowest BCUT2D eigenvalue weighted by Crippen LogP contribution is -2.49. The summed E-state index contributed by atoms with van der Waals surface area (Å²) < 4.78 is 80.7. The number of anilines is 1. The second-order valence-corrected chi connectivity index (χ2v) is 11.8. The summed E-state index contributed by atoms with van der Waals surface area (Å²) in [6, 6.07) is 9.67. The maximum atomic E-state index is 13.6. The van der Waals surface area contributed by atoms with Crippen molar-refractivity contribution >= 4 is 27.5 Å². The fraction of sp³-hybridized carbons (Fsp3) is 0.320. The van der Waals surface area contributed by atoms with Crippen LogP contribution in [0.2, 0.25) is 0 Å². The van der Waals surface area contributed by atoms with E-state index in [1.165, 1.54) is 41.1 Å². The highest BCUT2D eigenvalue weighted by Gasteiger charge is 2.47. The molecule has 1 aliphatic carbocycles. The predicted molar refractivity (Wildman–Crippen MR) is 131 cm³/mol. The van der Waals surface area contributed by atoms with Crippen LogP contribution in [-0.4, -0.2) is 54.8 Å². The fourth-order valence-electron chi connectivity index (χ4n) is 5.02. The Kier molecular flexibility index (Phi) is 6.40. The normalized spacial score (nSPS) is 18.4. The van der Waals surface area contributed by atoms with E-state index in [0.717, 1.165) is 11.8 Å². The van der Waals surface area contributed by atoms with Crippen molar-refractivity contribution in [2.45, 2.75) is 31.0 Å². The summed E-state index contributed by atoms with van der Waals surface area (Å²) in [5.41, 5.74) is 1.18. The van der Waals surface area contributed by atoms with E-state index in [-0.39, 0.29) is 23.6 Å². The minimum atomic E-state index is -4.48. The molecule has 0 fully saturated rings. The SMILES string of the molecule is CS(=O)(=O)CC(=O)Nc1c2c(nn1-c1ccc(F)cc1)C[C@]1(CCc3cc(OCC(F)(F)F)ccc31)NC2=O. The van der Waals surface area contributed by atoms with E-state index in [2.05, 4.69) is 15.7 Å². The molecule has 2 amide bonds. The number of nitrogens with zero attached hydrogens (tertiary/aromatic N) is 2. The quantitative estimate of drug-likeness (QED) is 0.443. The summed E-state index contributed by atoms with van der Waals surface area (Å²) in [5, 5.41) is 9.98. The largest absolute Gasteiger partial charge is 0.484 e. The van der Waals surface area contributed by atoms with Gasteiger partial charge < -0.3 is 15.4 Å². The van der Waals surface area contributed by atoms with Gasteiger partial charge >= 0.3 is 6.18 Å². The molecular weight excluding hydrogens is 544 g/mol. The molecule has 3 aromatic rings. The van der Waals surface area contributed by atoms with Crippen molar-refractivity contribution in [3.05, 3.63) is 70.7 Å². The first-order chi connectivity index (χ1) is 18.2. The highest BCUT2D eigenvalue weighted by molar-refractivity contribution is 7.91. The number of fused-ring (bicyclic) bond motifs is 3. The van der Waals surface area contributed by atoms with Gasteiger partial charge in [-0.15, -0.1) is 0 Å². The van der Waals surface area contributed by atoms with E-state index in [1.807, 2.05) is 0 Å². The minimum Gasteiger partial charge on any atom is -0.484 e. The first-order valence-electron chi connectivity index (χ1n) is 11.7. The van der Waals surface area contributed by atoms with E-state index in [1.54, 1.807) is 6.07 Å². The molecule has 9 nitrogen and oxygen atoms in total. The number of alkyl halides is 3. The number of hydrogen-bond acceptors (Lipinski definition) is 6. The van der Waals surface area contributed by atoms with Crippen LogP contribution in [0.15, 0.2) is 42.5 Å². The van der Waals surface area contributed by atoms with Gasteiger partial charge in [-0.2, -0.15) is 18.3 Å². The van der Waals surface area contributed by atoms with Crippen molar-refractivity contribution < 1.29 is 40.3 Å². The Bertz CT molecular complexity index is 1580. The summed E-state index contributed by atoms with van der Waals surface area (Å²) in [7, 11) is -3.68. The Labute approximate surface area is 220 Å². The maximum absolute atomic E-state index is 13.6. The third-order valence-corrected chi connectivity index (χ3v) is 7.33. The van der Waals surface area contributed by atoms with Crippen LogP contribution in [0.1, 0.15) is 33.6 Å². The molecule has 2 heterocycles. The van der Waals surface area contributed by atoms with Gasteiger partial charge in [0.2, 0.25) is 5.91 Å². The predicted octanol–water partition coefficient (Wildman–Crippen LogP) is 3.06. The molecular formula is C25H22F4N4O5S. The fourth-order valence-corrected chi connectivity index (χ4v) is 5.57. The van der Waals surface area contributed by atoms with Gasteiger partial charge in [-0.25, -0.2) is 17.5 Å². The number of benzene rings is 2. The summed E-state index contributed by atoms with van der Waals surface area (Å²) in [6.45, 7) is -1.42. The first kappa shape index (κ1) is 26.7. The Morgan fingerprint density at radius 3 is 2.59 bits per heavy atom. The van der Waals surface area contributed by atoms with Gasteiger partial charge in [0.25, 0.3) is 5.91 Å². The monoisotopic (exact) mass is 566 g/mol. The lowest BCUT2D eigenvalue weighted by Gasteiger charge is -2.35. The van der Waals surface area contributed by atoms with E-state index >= 15 is 0 Å². The number of sulfone groups is 1. The van der Waals surface area contributed by atoms with Gasteiger partial charge in [-0.05, 0) is 60.4 Å². The molecule has 2 N–H and O–H groups in total. The van der Waals surface area contributed by atoms with Gasteiger partial charge in [0, 0.05) is 12.7 Å². The van der Waals surface area contributed by atoms with Gasteiger partial charge in [0.15, 0.2) is 16.4 Å². The molecule has 1 atom stereocenters. The zero-order chi connectivity index (χ0) is 28.2. The number of aromatic nitrogens is 2. The number of nitrogens with one attached hydrogen (secondary N) is 2. The van der Waals surface area contributed by atoms with Crippen molar-refractivity contribution in [2.75, 3.05) is 23.9 Å². The number of hydrogen-bond donors (Lipinski definition) is 2. The second-order valence-electron chi connectivity index (χ2n) is 9.61. The van der Waals surface area contributed by atoms with Crippen molar-refractivity contribution in [2.24, 2.45) is 0 Å². The van der Waals surface area contributed by atoms with E-state index in [0.29, 0.717) is 29.8 Å². The van der Waals surface area contributed by atoms with Crippen LogP contribution < -0.4 is 15.4 Å². The molecule has 5 rings (SSSR count). The average Bonchev–Trinajstić information content (AvgIpc) is 3.35. The number of carbonyl (C=O) groups excluding carboxylic acids is 2. The van der Waals surface area contributed by atoms with Crippen LogP contribution in [-0.2, 0) is 33.0 Å². The molecule has 0 radical (unpaired) electrons. The molecule has 0 saturated heterocycles. The highest BCUT2D eigenvalue weighted by Crippen LogP contribution is 2.44. The Hall–Kier alpha value is -3.94. The van der Waals surface area contributed by atoms with Gasteiger partial charge in [0.05, 0.1) is 16.9 Å². The third-order valence-electron chi connectivity index (χ3n) is 6.55. The molecule has 0 saturated carbocycles. The Morgan fingerprint density at radius 1 is 1.21 bits per heavy atom. The Balaban J connectivity index is 1.52. The van der Waals surface area contributed by atoms with Crippen LogP contribution in [0.4, 0.5) is 23.4 Å². The summed E-state index contributed by atoms with van der Waals surface area (Å²) in [4.78, 5) is 26.0. The van der Waals surface area contributed by atoms with Crippen molar-refractivity contribution in [3.63, 3.8) is 0 Å². The molecule has 1 aromatic heterocycles. The number of amides is 2. The maximum Gasteiger partial charge on any atom is 0.422 e. The lowest BCUT2D eigenvalue weighted by molar-refractivity contribution is -0.153. The first-order valence-corrected chi connectivity index (χ1v) is 13.8. The number of rotatable bonds is 6. The lowest BCUT2D eigenvalue weighted by atomic mass is 9.82. The molecule has 0 bridgehead atoms. The van der Waals surface area contributed by atoms with Crippen LogP contribution >= 0.6 is 0 Å². The topological polar surface area (TPSA) is 119 Å². The molecule has 0 unspecified atom stereocenters. The minimum absolute atomic E-state index is 0.0328. The smallest absolute Gasteiger partial charge is 0.422 e. The summed E-state index contributed by atoms with van der Waals surface area (Å²) >= 11 is 0. The molecule has 1 aliphatic heterocycles. The third kappa shape index (κ3) is 5.46. The van der Waals surface area contributed by atoms with E-state index in [9.17, 15) is 35.6 Å². The zero-order valence-corrected chi connectivity index (χ0v) is 21.2. The molecule has 206 valence electrons. The number of halogens is 4. The average molecular weight is 567 g/mol. The number of aryl methyl sites for hydroxylation is 1. The summed E-state index contributed by atoms with van der Waals surface area (Å²) in [6.07, 6.45) is -2.49. The van der Waals surface area contributed by atoms with Crippen molar-refractivity contribution in [1.29, 1.82) is 0 Å². The Morgan fingerprint density at radius 2 is 1.92 bits per heavy atom. The molecule has 2 aromatic carbocycles. The van der Waals surface area contributed by atoms with Gasteiger partial charge in [-0.1, -0.05) is 6.07 Å². The standard InChI is InChI=1S/C25H22F4N4O5S/c1-39(36,37)12-20(34)30-22-21-19(32-33(22)16-4-2-15(26)3-5-16)11-24(31-23(21)35)9-8-14-10-17(6-7-18(14)24)38-13-25(27,28)29/h2-7,10H,8-9,11-13H2,1H3,(H,30,34)(H,31,35)/t24-/m0/s1. The van der Waals surface area contributed by atoms with E-state index < -0.39 is 51.5 Å². The molecule has 39 heavy (non-hydrogen) atoms. The zero-order valence-electron chi connectivity index (χ0n) is 20.4. The van der Waals surface area contributed by atoms with Crippen LogP contribution in [0, 0.1) is 5.82 Å². The molecule has 2 aliphatic rings. The van der Waals surface area contributed by atoms with Gasteiger partial charge in [0.1, 0.15) is 28.7 Å². The van der Waals surface area contributed by atoms with Crippen LogP contribution in [0.3, 0.4) is 0 Å². The van der Waals surface area contributed by atoms with Crippen molar-refractivity contribution in [1.82, 2.24) is 15.1 Å². The summed E-state index contributed by atoms with van der Waals surface area (Å²) in [5.74, 6) is -2.81. The second kappa shape index (κ2) is 9.36. The van der Waals surface area contributed by atoms with Crippen LogP contribution in [0.5, 0.6) is 5.75 Å². The number of ether oxygens (including phenoxy) is 1. The molecule has 1 spiro atoms. The molecule has 14 heteroatoms. The van der Waals surface area contributed by atoms with Gasteiger partial charge in [-0.3, -0.25) is 9.59 Å². The van der Waals surface area contributed by atoms with E-state index in [4.69, 9.17) is 4.74 Å².